The van der Waals surface area contributed by atoms with Gasteiger partial charge in [0.25, 0.3) is 5.91 Å². The number of benzene rings is 1. The molecule has 2 heterocycles. The van der Waals surface area contributed by atoms with E-state index in [-0.39, 0.29) is 5.91 Å². The van der Waals surface area contributed by atoms with Crippen LogP contribution >= 0.6 is 15.9 Å². The molecule has 5 heteroatoms. The summed E-state index contributed by atoms with van der Waals surface area (Å²) in [6, 6.07) is 13.7. The quantitative estimate of drug-likeness (QED) is 0.821. The lowest BCUT2D eigenvalue weighted by Crippen LogP contribution is -2.48. The third-order valence-corrected chi connectivity index (χ3v) is 4.34. The highest BCUT2D eigenvalue weighted by molar-refractivity contribution is 9.10. The lowest BCUT2D eigenvalue weighted by molar-refractivity contribution is 0.0618. The van der Waals surface area contributed by atoms with Gasteiger partial charge < -0.3 is 9.32 Å². The molecule has 23 heavy (non-hydrogen) atoms. The number of hydrogen-bond acceptors (Lipinski definition) is 3. The van der Waals surface area contributed by atoms with Crippen molar-refractivity contribution in [2.45, 2.75) is 0 Å². The average molecular weight is 375 g/mol. The SMILES string of the molecule is O=C(c1ccc(Br)o1)N1CCN(C/C=C\c2ccccc2)CC1. The van der Waals surface area contributed by atoms with Gasteiger partial charge in [-0.05, 0) is 33.6 Å². The Labute approximate surface area is 144 Å². The standard InChI is InChI=1S/C18H19BrN2O2/c19-17-9-8-16(23-17)18(22)21-13-11-20(12-14-21)10-4-7-15-5-2-1-3-6-15/h1-9H,10-14H2/b7-4-. The molecule has 1 aromatic heterocycles. The Hall–Kier alpha value is -1.85. The second-order valence-electron chi connectivity index (χ2n) is 5.51. The van der Waals surface area contributed by atoms with Crippen LogP contribution in [0.2, 0.25) is 0 Å². The Kier molecular flexibility index (Phi) is 5.31. The molecule has 1 aliphatic rings. The van der Waals surface area contributed by atoms with Gasteiger partial charge in [0.1, 0.15) is 0 Å². The van der Waals surface area contributed by atoms with Gasteiger partial charge in [-0.3, -0.25) is 9.69 Å². The molecule has 0 bridgehead atoms. The minimum Gasteiger partial charge on any atom is -0.444 e. The van der Waals surface area contributed by atoms with E-state index in [4.69, 9.17) is 4.42 Å². The van der Waals surface area contributed by atoms with Gasteiger partial charge in [0.2, 0.25) is 0 Å². The predicted molar refractivity (Wildman–Crippen MR) is 94.2 cm³/mol. The van der Waals surface area contributed by atoms with Crippen molar-refractivity contribution in [3.63, 3.8) is 0 Å². The normalized spacial score (nSPS) is 16.1. The molecule has 3 rings (SSSR count). The van der Waals surface area contributed by atoms with E-state index in [1.165, 1.54) is 5.56 Å². The van der Waals surface area contributed by atoms with Gasteiger partial charge in [-0.2, -0.15) is 0 Å². The van der Waals surface area contributed by atoms with Crippen LogP contribution in [0.15, 0.2) is 57.6 Å². The molecule has 0 radical (unpaired) electrons. The topological polar surface area (TPSA) is 36.7 Å². The van der Waals surface area contributed by atoms with Gasteiger partial charge in [0, 0.05) is 32.7 Å². The number of rotatable bonds is 4. The minimum atomic E-state index is -0.0322. The highest BCUT2D eigenvalue weighted by Gasteiger charge is 2.23. The molecule has 1 amide bonds. The minimum absolute atomic E-state index is 0.0322. The summed E-state index contributed by atoms with van der Waals surface area (Å²) in [4.78, 5) is 16.5. The molecule has 1 aliphatic heterocycles. The second kappa shape index (κ2) is 7.62. The van der Waals surface area contributed by atoms with Gasteiger partial charge in [0.05, 0.1) is 0 Å². The highest BCUT2D eigenvalue weighted by Crippen LogP contribution is 2.16. The van der Waals surface area contributed by atoms with Gasteiger partial charge in [-0.25, -0.2) is 0 Å². The molecular weight excluding hydrogens is 356 g/mol. The molecule has 1 fully saturated rings. The molecule has 0 saturated carbocycles. The molecule has 1 saturated heterocycles. The van der Waals surface area contributed by atoms with Crippen molar-refractivity contribution >= 4 is 27.9 Å². The summed E-state index contributed by atoms with van der Waals surface area (Å²) in [6.45, 7) is 4.13. The number of halogens is 1. The summed E-state index contributed by atoms with van der Waals surface area (Å²) in [7, 11) is 0. The Balaban J connectivity index is 1.47. The van der Waals surface area contributed by atoms with E-state index in [0.717, 1.165) is 32.7 Å². The molecule has 120 valence electrons. The van der Waals surface area contributed by atoms with Crippen LogP contribution in [0.5, 0.6) is 0 Å². The third-order valence-electron chi connectivity index (χ3n) is 3.92. The van der Waals surface area contributed by atoms with Crippen molar-refractivity contribution in [1.29, 1.82) is 0 Å². The molecule has 1 aromatic carbocycles. The summed E-state index contributed by atoms with van der Waals surface area (Å²) in [5.41, 5.74) is 1.21. The number of amides is 1. The Morgan fingerprint density at radius 1 is 1.09 bits per heavy atom. The lowest BCUT2D eigenvalue weighted by Gasteiger charge is -2.33. The van der Waals surface area contributed by atoms with Crippen LogP contribution in [0, 0.1) is 0 Å². The molecule has 4 nitrogen and oxygen atoms in total. The van der Waals surface area contributed by atoms with E-state index in [0.29, 0.717) is 10.4 Å². The molecule has 0 unspecified atom stereocenters. The fourth-order valence-corrected chi connectivity index (χ4v) is 2.93. The number of hydrogen-bond donors (Lipinski definition) is 0. The maximum atomic E-state index is 12.3. The van der Waals surface area contributed by atoms with Crippen LogP contribution in [0.4, 0.5) is 0 Å². The van der Waals surface area contributed by atoms with E-state index in [1.54, 1.807) is 12.1 Å². The number of carbonyl (C=O) groups is 1. The van der Waals surface area contributed by atoms with Crippen LogP contribution in [0.3, 0.4) is 0 Å². The first-order chi connectivity index (χ1) is 11.2. The lowest BCUT2D eigenvalue weighted by atomic mass is 10.2. The third kappa shape index (κ3) is 4.33. The van der Waals surface area contributed by atoms with Crippen LogP contribution < -0.4 is 0 Å². The van der Waals surface area contributed by atoms with Crippen molar-refractivity contribution < 1.29 is 9.21 Å². The van der Waals surface area contributed by atoms with Crippen molar-refractivity contribution in [2.24, 2.45) is 0 Å². The smallest absolute Gasteiger partial charge is 0.289 e. The van der Waals surface area contributed by atoms with E-state index < -0.39 is 0 Å². The maximum Gasteiger partial charge on any atom is 0.289 e. The fourth-order valence-electron chi connectivity index (χ4n) is 2.62. The largest absolute Gasteiger partial charge is 0.444 e. The number of furan rings is 1. The first kappa shape index (κ1) is 16.0. The summed E-state index contributed by atoms with van der Waals surface area (Å²) < 4.78 is 5.93. The summed E-state index contributed by atoms with van der Waals surface area (Å²) in [5.74, 6) is 0.365. The van der Waals surface area contributed by atoms with Gasteiger partial charge in [-0.15, -0.1) is 0 Å². The second-order valence-corrected chi connectivity index (χ2v) is 6.29. The number of nitrogens with zero attached hydrogens (tertiary/aromatic N) is 2. The van der Waals surface area contributed by atoms with Gasteiger partial charge in [-0.1, -0.05) is 42.5 Å². The zero-order valence-electron chi connectivity index (χ0n) is 12.8. The zero-order chi connectivity index (χ0) is 16.1. The van der Waals surface area contributed by atoms with Crippen molar-refractivity contribution in [1.82, 2.24) is 9.80 Å². The predicted octanol–water partition coefficient (Wildman–Crippen LogP) is 3.51. The summed E-state index contributed by atoms with van der Waals surface area (Å²) in [5, 5.41) is 0. The van der Waals surface area contributed by atoms with E-state index in [2.05, 4.69) is 45.1 Å². The molecular formula is C18H19BrN2O2. The maximum absolute atomic E-state index is 12.3. The Morgan fingerprint density at radius 3 is 2.48 bits per heavy atom. The van der Waals surface area contributed by atoms with E-state index in [1.807, 2.05) is 23.1 Å². The number of carbonyl (C=O) groups excluding carboxylic acids is 1. The van der Waals surface area contributed by atoms with E-state index >= 15 is 0 Å². The zero-order valence-corrected chi connectivity index (χ0v) is 14.4. The van der Waals surface area contributed by atoms with Crippen molar-refractivity contribution in [3.05, 3.63) is 64.5 Å². The highest BCUT2D eigenvalue weighted by atomic mass is 79.9. The molecule has 2 aromatic rings. The molecule has 0 atom stereocenters. The summed E-state index contributed by atoms with van der Waals surface area (Å²) in [6.07, 6.45) is 4.31. The van der Waals surface area contributed by atoms with Gasteiger partial charge >= 0.3 is 0 Å². The summed E-state index contributed by atoms with van der Waals surface area (Å²) >= 11 is 3.23. The average Bonchev–Trinajstić information content (AvgIpc) is 3.02. The monoisotopic (exact) mass is 374 g/mol. The Bertz CT molecular complexity index is 673. The van der Waals surface area contributed by atoms with Gasteiger partial charge in [0.15, 0.2) is 10.4 Å². The van der Waals surface area contributed by atoms with E-state index in [9.17, 15) is 4.79 Å². The Morgan fingerprint density at radius 2 is 1.83 bits per heavy atom. The van der Waals surface area contributed by atoms with Crippen LogP contribution in [-0.4, -0.2) is 48.4 Å². The fraction of sp³-hybridized carbons (Fsp3) is 0.278. The molecule has 0 aliphatic carbocycles. The van der Waals surface area contributed by atoms with Crippen molar-refractivity contribution in [3.8, 4) is 0 Å². The first-order valence-electron chi connectivity index (χ1n) is 7.71. The van der Waals surface area contributed by atoms with Crippen molar-refractivity contribution in [2.75, 3.05) is 32.7 Å². The van der Waals surface area contributed by atoms with Crippen LogP contribution in [0.25, 0.3) is 6.08 Å². The molecule has 0 spiro atoms. The first-order valence-corrected chi connectivity index (χ1v) is 8.50. The number of piperazine rings is 1. The van der Waals surface area contributed by atoms with Crippen LogP contribution in [-0.2, 0) is 0 Å². The van der Waals surface area contributed by atoms with Crippen LogP contribution in [0.1, 0.15) is 16.1 Å². The molecule has 0 N–H and O–H groups in total.